The highest BCUT2D eigenvalue weighted by atomic mass is 16.5. The second-order valence-corrected chi connectivity index (χ2v) is 5.38. The molecule has 23 heavy (non-hydrogen) atoms. The Labute approximate surface area is 132 Å². The summed E-state index contributed by atoms with van der Waals surface area (Å²) >= 11 is 0. The summed E-state index contributed by atoms with van der Waals surface area (Å²) in [5, 5.41) is 16.7. The number of amides is 1. The van der Waals surface area contributed by atoms with E-state index >= 15 is 0 Å². The largest absolute Gasteiger partial charge is 0.479 e. The third-order valence-corrected chi connectivity index (χ3v) is 3.62. The van der Waals surface area contributed by atoms with Crippen molar-refractivity contribution in [3.8, 4) is 5.69 Å². The number of rotatable bonds is 3. The summed E-state index contributed by atoms with van der Waals surface area (Å²) in [6.07, 6.45) is 1.97. The van der Waals surface area contributed by atoms with Gasteiger partial charge in [0.1, 0.15) is 0 Å². The van der Waals surface area contributed by atoms with E-state index in [1.807, 2.05) is 0 Å². The lowest BCUT2D eigenvalue weighted by atomic mass is 10.1. The van der Waals surface area contributed by atoms with E-state index in [1.165, 1.54) is 4.90 Å². The van der Waals surface area contributed by atoms with E-state index in [4.69, 9.17) is 9.84 Å². The lowest BCUT2D eigenvalue weighted by Gasteiger charge is -2.35. The van der Waals surface area contributed by atoms with Crippen molar-refractivity contribution in [2.45, 2.75) is 19.1 Å². The Hall–Kier alpha value is -2.74. The fourth-order valence-corrected chi connectivity index (χ4v) is 2.54. The van der Waals surface area contributed by atoms with E-state index in [9.17, 15) is 9.59 Å². The molecule has 0 radical (unpaired) electrons. The minimum absolute atomic E-state index is 0.0450. The zero-order valence-electron chi connectivity index (χ0n) is 12.5. The van der Waals surface area contributed by atoms with E-state index in [-0.39, 0.29) is 18.6 Å². The molecule has 2 atom stereocenters. The Kier molecular flexibility index (Phi) is 4.07. The van der Waals surface area contributed by atoms with Crippen molar-refractivity contribution < 1.29 is 19.4 Å². The predicted octanol–water partition coefficient (Wildman–Crippen LogP) is 0.581. The Bertz CT molecular complexity index is 699. The number of aliphatic carboxylic acids is 1. The third-order valence-electron chi connectivity index (χ3n) is 3.62. The van der Waals surface area contributed by atoms with Crippen molar-refractivity contribution in [1.82, 2.24) is 19.9 Å². The zero-order valence-corrected chi connectivity index (χ0v) is 12.5. The first-order valence-electron chi connectivity index (χ1n) is 7.19. The van der Waals surface area contributed by atoms with Gasteiger partial charge >= 0.3 is 5.97 Å². The first-order valence-corrected chi connectivity index (χ1v) is 7.19. The average Bonchev–Trinajstić information content (AvgIpc) is 3.08. The van der Waals surface area contributed by atoms with Gasteiger partial charge in [0.25, 0.3) is 5.91 Å². The Morgan fingerprint density at radius 1 is 1.26 bits per heavy atom. The molecule has 8 heteroatoms. The molecule has 1 unspecified atom stereocenters. The molecule has 0 saturated carbocycles. The van der Waals surface area contributed by atoms with Crippen LogP contribution < -0.4 is 0 Å². The van der Waals surface area contributed by atoms with Gasteiger partial charge in [0, 0.05) is 12.1 Å². The number of ether oxygens (including phenoxy) is 1. The standard InChI is InChI=1S/C15H16N4O4/c1-10-8-18(9-13(23-10)15(21)22)14(20)11-2-4-12(5-3-11)19-7-6-16-17-19/h2-7,10,13H,8-9H2,1H3,(H,21,22)/t10-,13?/m1/s1. The number of carbonyl (C=O) groups excluding carboxylic acids is 1. The molecule has 1 aliphatic rings. The minimum atomic E-state index is -1.06. The van der Waals surface area contributed by atoms with Gasteiger partial charge in [0.15, 0.2) is 6.10 Å². The summed E-state index contributed by atoms with van der Waals surface area (Å²) in [6, 6.07) is 6.91. The van der Waals surface area contributed by atoms with Gasteiger partial charge in [-0.15, -0.1) is 5.10 Å². The minimum Gasteiger partial charge on any atom is -0.479 e. The van der Waals surface area contributed by atoms with Crippen LogP contribution in [-0.2, 0) is 9.53 Å². The molecular formula is C15H16N4O4. The Morgan fingerprint density at radius 3 is 2.61 bits per heavy atom. The smallest absolute Gasteiger partial charge is 0.334 e. The van der Waals surface area contributed by atoms with Crippen LogP contribution in [0.5, 0.6) is 0 Å². The number of carbonyl (C=O) groups is 2. The zero-order chi connectivity index (χ0) is 16.4. The molecule has 1 aromatic carbocycles. The Balaban J connectivity index is 1.76. The summed E-state index contributed by atoms with van der Waals surface area (Å²) < 4.78 is 6.91. The average molecular weight is 316 g/mol. The van der Waals surface area contributed by atoms with Gasteiger partial charge < -0.3 is 14.7 Å². The van der Waals surface area contributed by atoms with Gasteiger partial charge in [-0.3, -0.25) is 4.79 Å². The molecule has 1 amide bonds. The SMILES string of the molecule is C[C@@H]1CN(C(=O)c2ccc(-n3ccnn3)cc2)CC(C(=O)O)O1. The summed E-state index contributed by atoms with van der Waals surface area (Å²) in [4.78, 5) is 25.2. The van der Waals surface area contributed by atoms with Crippen LogP contribution in [0.3, 0.4) is 0 Å². The van der Waals surface area contributed by atoms with Crippen LogP contribution in [0, 0.1) is 0 Å². The Morgan fingerprint density at radius 2 is 2.00 bits per heavy atom. The van der Waals surface area contributed by atoms with Crippen molar-refractivity contribution in [3.63, 3.8) is 0 Å². The molecule has 2 aromatic rings. The van der Waals surface area contributed by atoms with Crippen molar-refractivity contribution in [3.05, 3.63) is 42.2 Å². The number of hydrogen-bond acceptors (Lipinski definition) is 5. The molecule has 0 spiro atoms. The van der Waals surface area contributed by atoms with E-state index in [0.717, 1.165) is 5.69 Å². The lowest BCUT2D eigenvalue weighted by Crippen LogP contribution is -2.51. The highest BCUT2D eigenvalue weighted by molar-refractivity contribution is 5.94. The summed E-state index contributed by atoms with van der Waals surface area (Å²) in [7, 11) is 0. The summed E-state index contributed by atoms with van der Waals surface area (Å²) in [5.41, 5.74) is 1.28. The van der Waals surface area contributed by atoms with Crippen LogP contribution in [0.25, 0.3) is 5.69 Å². The molecule has 1 aliphatic heterocycles. The number of morpholine rings is 1. The molecule has 3 rings (SSSR count). The third kappa shape index (κ3) is 3.21. The number of aromatic nitrogens is 3. The highest BCUT2D eigenvalue weighted by Crippen LogP contribution is 2.16. The quantitative estimate of drug-likeness (QED) is 0.889. The maximum atomic E-state index is 12.6. The first-order chi connectivity index (χ1) is 11.0. The normalized spacial score (nSPS) is 21.2. The maximum Gasteiger partial charge on any atom is 0.334 e. The van der Waals surface area contributed by atoms with E-state index in [2.05, 4.69) is 10.3 Å². The molecule has 8 nitrogen and oxygen atoms in total. The van der Waals surface area contributed by atoms with Crippen LogP contribution >= 0.6 is 0 Å². The molecule has 1 saturated heterocycles. The van der Waals surface area contributed by atoms with Crippen LogP contribution in [0.15, 0.2) is 36.7 Å². The van der Waals surface area contributed by atoms with Crippen molar-refractivity contribution >= 4 is 11.9 Å². The second-order valence-electron chi connectivity index (χ2n) is 5.38. The predicted molar refractivity (Wildman–Crippen MR) is 79.2 cm³/mol. The molecule has 1 aromatic heterocycles. The van der Waals surface area contributed by atoms with Gasteiger partial charge in [-0.25, -0.2) is 9.48 Å². The number of carboxylic acids is 1. The maximum absolute atomic E-state index is 12.6. The lowest BCUT2D eigenvalue weighted by molar-refractivity contribution is -0.160. The van der Waals surface area contributed by atoms with Gasteiger partial charge in [-0.1, -0.05) is 5.21 Å². The van der Waals surface area contributed by atoms with Gasteiger partial charge in [0.05, 0.1) is 30.7 Å². The summed E-state index contributed by atoms with van der Waals surface area (Å²) in [5.74, 6) is -1.27. The highest BCUT2D eigenvalue weighted by Gasteiger charge is 2.32. The van der Waals surface area contributed by atoms with Crippen molar-refractivity contribution in [1.29, 1.82) is 0 Å². The van der Waals surface area contributed by atoms with Crippen molar-refractivity contribution in [2.75, 3.05) is 13.1 Å². The molecule has 1 N–H and O–H groups in total. The first kappa shape index (κ1) is 15.2. The molecular weight excluding hydrogens is 300 g/mol. The molecule has 0 bridgehead atoms. The van der Waals surface area contributed by atoms with Gasteiger partial charge in [-0.2, -0.15) is 0 Å². The van der Waals surface area contributed by atoms with Gasteiger partial charge in [0.2, 0.25) is 0 Å². The van der Waals surface area contributed by atoms with E-state index < -0.39 is 12.1 Å². The molecule has 2 heterocycles. The van der Waals surface area contributed by atoms with Crippen LogP contribution in [0.1, 0.15) is 17.3 Å². The number of nitrogens with zero attached hydrogens (tertiary/aromatic N) is 4. The summed E-state index contributed by atoms with van der Waals surface area (Å²) in [6.45, 7) is 2.17. The van der Waals surface area contributed by atoms with Crippen LogP contribution in [0.4, 0.5) is 0 Å². The van der Waals surface area contributed by atoms with E-state index in [1.54, 1.807) is 48.3 Å². The monoisotopic (exact) mass is 316 g/mol. The molecule has 120 valence electrons. The molecule has 1 fully saturated rings. The van der Waals surface area contributed by atoms with Crippen LogP contribution in [-0.4, -0.2) is 62.2 Å². The molecule has 0 aliphatic carbocycles. The number of carboxylic acid groups (broad SMARTS) is 1. The van der Waals surface area contributed by atoms with Crippen molar-refractivity contribution in [2.24, 2.45) is 0 Å². The van der Waals surface area contributed by atoms with Crippen LogP contribution in [0.2, 0.25) is 0 Å². The fraction of sp³-hybridized carbons (Fsp3) is 0.333. The fourth-order valence-electron chi connectivity index (χ4n) is 2.54. The number of benzene rings is 1. The topological polar surface area (TPSA) is 97.6 Å². The van der Waals surface area contributed by atoms with E-state index in [0.29, 0.717) is 12.1 Å². The van der Waals surface area contributed by atoms with Gasteiger partial charge in [-0.05, 0) is 31.2 Å². The second kappa shape index (κ2) is 6.17. The number of hydrogen-bond donors (Lipinski definition) is 1.